The van der Waals surface area contributed by atoms with Gasteiger partial charge in [-0.15, -0.1) is 0 Å². The number of carbonyl (C=O) groups is 2. The van der Waals surface area contributed by atoms with Crippen LogP contribution >= 0.6 is 0 Å². The van der Waals surface area contributed by atoms with Gasteiger partial charge in [0, 0.05) is 6.54 Å². The van der Waals surface area contributed by atoms with E-state index in [2.05, 4.69) is 0 Å². The van der Waals surface area contributed by atoms with E-state index in [1.54, 1.807) is 12.1 Å². The number of fused-ring (bicyclic) bond motifs is 2. The van der Waals surface area contributed by atoms with Gasteiger partial charge in [0.25, 0.3) is 0 Å². The third-order valence-corrected chi connectivity index (χ3v) is 5.82. The predicted octanol–water partition coefficient (Wildman–Crippen LogP) is 3.59. The Labute approximate surface area is 168 Å². The zero-order valence-electron chi connectivity index (χ0n) is 16.9. The molecule has 6 heteroatoms. The first-order valence-corrected chi connectivity index (χ1v) is 10.5. The van der Waals surface area contributed by atoms with Crippen LogP contribution in [0.4, 0.5) is 0 Å². The number of nitrogens with zero attached hydrogens (tertiary/aromatic N) is 1. The molecular weight excluding hydrogens is 353 g/mol. The quantitative estimate of drug-likeness (QED) is 0.744. The van der Waals surface area contributed by atoms with Crippen molar-refractivity contribution in [2.24, 2.45) is 17.8 Å². The van der Waals surface area contributed by atoms with Crippen molar-refractivity contribution in [3.05, 3.63) is 41.9 Å². The zero-order chi connectivity index (χ0) is 19.9. The summed E-state index contributed by atoms with van der Waals surface area (Å²) in [7, 11) is -0.959. The van der Waals surface area contributed by atoms with Gasteiger partial charge in [-0.1, -0.05) is 56.7 Å². The molecule has 28 heavy (non-hydrogen) atoms. The summed E-state index contributed by atoms with van der Waals surface area (Å²) in [5.74, 6) is 3.21. The van der Waals surface area contributed by atoms with Gasteiger partial charge in [0.15, 0.2) is 0 Å². The zero-order valence-corrected chi connectivity index (χ0v) is 16.9. The molecule has 5 nitrogen and oxygen atoms in total. The molecule has 1 heterocycles. The highest BCUT2D eigenvalue weighted by Crippen LogP contribution is 2.49. The third-order valence-electron chi connectivity index (χ3n) is 5.82. The second kappa shape index (κ2) is 9.92. The molecule has 0 radical (unpaired) electrons. The molecule has 0 N–H and O–H groups in total. The Balaban J connectivity index is 0.00000109. The summed E-state index contributed by atoms with van der Waals surface area (Å²) in [6.07, 6.45) is 6.92. The molecule has 4 aliphatic rings. The van der Waals surface area contributed by atoms with Gasteiger partial charge in [0.05, 0.1) is 13.1 Å². The van der Waals surface area contributed by atoms with Crippen molar-refractivity contribution >= 4 is 25.1 Å². The van der Waals surface area contributed by atoms with Gasteiger partial charge in [-0.05, 0) is 48.6 Å². The van der Waals surface area contributed by atoms with Crippen LogP contribution in [0.1, 0.15) is 45.1 Å². The van der Waals surface area contributed by atoms with E-state index in [9.17, 15) is 9.59 Å². The highest BCUT2D eigenvalue weighted by molar-refractivity contribution is 6.55. The highest BCUT2D eigenvalue weighted by atomic mass is 16.6. The van der Waals surface area contributed by atoms with Gasteiger partial charge < -0.3 is 9.31 Å². The van der Waals surface area contributed by atoms with E-state index in [-0.39, 0.29) is 25.0 Å². The van der Waals surface area contributed by atoms with Crippen LogP contribution < -0.4 is 0 Å². The second-order valence-corrected chi connectivity index (χ2v) is 7.72. The van der Waals surface area contributed by atoms with Gasteiger partial charge in [-0.2, -0.15) is 0 Å². The standard InChI is InChI=1S/C20H24BNO4.C2H6/c23-19-13-22(12-17-7-6-16-10-18(17)11-16)14-20(24)26-21(25-19)9-8-15-4-2-1-3-5-15;1-2/h1-5,8-9,16-18H,6-7,10-14H2;1-2H3/b9-8+;. The van der Waals surface area contributed by atoms with Crippen molar-refractivity contribution in [1.82, 2.24) is 4.90 Å². The van der Waals surface area contributed by atoms with E-state index in [1.807, 2.05) is 49.1 Å². The Kier molecular flexibility index (Phi) is 7.32. The Morgan fingerprint density at radius 3 is 2.25 bits per heavy atom. The molecule has 3 saturated carbocycles. The normalized spacial score (nSPS) is 27.6. The highest BCUT2D eigenvalue weighted by Gasteiger charge is 2.41. The van der Waals surface area contributed by atoms with Crippen molar-refractivity contribution < 1.29 is 18.9 Å². The van der Waals surface area contributed by atoms with Crippen molar-refractivity contribution in [2.75, 3.05) is 19.6 Å². The summed E-state index contributed by atoms with van der Waals surface area (Å²) < 4.78 is 10.7. The van der Waals surface area contributed by atoms with Crippen LogP contribution in [-0.2, 0) is 18.9 Å². The number of rotatable bonds is 4. The predicted molar refractivity (Wildman–Crippen MR) is 110 cm³/mol. The summed E-state index contributed by atoms with van der Waals surface area (Å²) in [5.41, 5.74) is 0.958. The van der Waals surface area contributed by atoms with Gasteiger partial charge in [-0.25, -0.2) is 0 Å². The largest absolute Gasteiger partial charge is 0.628 e. The minimum Gasteiger partial charge on any atom is -0.495 e. The number of carbonyl (C=O) groups excluding carboxylic acids is 2. The molecule has 0 aromatic heterocycles. The first-order chi connectivity index (χ1) is 13.7. The summed E-state index contributed by atoms with van der Waals surface area (Å²) in [4.78, 5) is 26.3. The second-order valence-electron chi connectivity index (χ2n) is 7.72. The van der Waals surface area contributed by atoms with Crippen LogP contribution in [-0.4, -0.2) is 43.6 Å². The van der Waals surface area contributed by atoms with E-state index >= 15 is 0 Å². The first kappa shape index (κ1) is 20.7. The monoisotopic (exact) mass is 383 g/mol. The fraction of sp³-hybridized carbons (Fsp3) is 0.545. The number of hydrogen-bond donors (Lipinski definition) is 0. The fourth-order valence-corrected chi connectivity index (χ4v) is 4.41. The van der Waals surface area contributed by atoms with Gasteiger partial charge in [-0.3, -0.25) is 14.5 Å². The average molecular weight is 383 g/mol. The molecular formula is C22H30BNO4. The average Bonchev–Trinajstić information content (AvgIpc) is 2.67. The smallest absolute Gasteiger partial charge is 0.495 e. The molecule has 1 unspecified atom stereocenters. The molecule has 1 atom stereocenters. The number of benzene rings is 1. The summed E-state index contributed by atoms with van der Waals surface area (Å²) in [6, 6.07) is 9.63. The van der Waals surface area contributed by atoms with Crippen LogP contribution in [0.2, 0.25) is 0 Å². The van der Waals surface area contributed by atoms with Gasteiger partial charge in [0.1, 0.15) is 0 Å². The van der Waals surface area contributed by atoms with Crippen molar-refractivity contribution in [3.8, 4) is 0 Å². The molecule has 0 amide bonds. The van der Waals surface area contributed by atoms with Crippen molar-refractivity contribution in [3.63, 3.8) is 0 Å². The first-order valence-electron chi connectivity index (χ1n) is 10.5. The lowest BCUT2D eigenvalue weighted by Gasteiger charge is -2.48. The van der Waals surface area contributed by atoms with E-state index in [1.165, 1.54) is 25.7 Å². The topological polar surface area (TPSA) is 55.8 Å². The minimum absolute atomic E-state index is 0.150. The molecule has 2 bridgehead atoms. The maximum absolute atomic E-state index is 12.2. The Morgan fingerprint density at radius 1 is 1.04 bits per heavy atom. The molecule has 1 aromatic carbocycles. The van der Waals surface area contributed by atoms with E-state index < -0.39 is 7.12 Å². The maximum atomic E-state index is 12.2. The lowest BCUT2D eigenvalue weighted by atomic mass is 9.60. The molecule has 1 aromatic rings. The summed E-state index contributed by atoms with van der Waals surface area (Å²) in [6.45, 7) is 5.08. The van der Waals surface area contributed by atoms with Crippen LogP contribution in [0.25, 0.3) is 6.08 Å². The Morgan fingerprint density at radius 2 is 1.68 bits per heavy atom. The molecule has 0 spiro atoms. The summed E-state index contributed by atoms with van der Waals surface area (Å²) in [5, 5.41) is 0. The molecule has 1 aliphatic heterocycles. The van der Waals surface area contributed by atoms with Crippen molar-refractivity contribution in [1.29, 1.82) is 0 Å². The Hall–Kier alpha value is -2.08. The van der Waals surface area contributed by atoms with Crippen LogP contribution in [0.3, 0.4) is 0 Å². The lowest BCUT2D eigenvalue weighted by molar-refractivity contribution is -0.146. The van der Waals surface area contributed by atoms with Crippen LogP contribution in [0, 0.1) is 17.8 Å². The molecule has 3 aliphatic carbocycles. The Bertz CT molecular complexity index is 664. The molecule has 150 valence electrons. The lowest BCUT2D eigenvalue weighted by Crippen LogP contribution is -2.48. The summed E-state index contributed by atoms with van der Waals surface area (Å²) >= 11 is 0. The van der Waals surface area contributed by atoms with Crippen molar-refractivity contribution in [2.45, 2.75) is 39.5 Å². The third kappa shape index (κ3) is 5.47. The maximum Gasteiger partial charge on any atom is 0.628 e. The molecule has 5 rings (SSSR count). The van der Waals surface area contributed by atoms with Crippen LogP contribution in [0.15, 0.2) is 36.3 Å². The van der Waals surface area contributed by atoms with E-state index in [0.717, 1.165) is 23.9 Å². The van der Waals surface area contributed by atoms with Gasteiger partial charge >= 0.3 is 19.1 Å². The van der Waals surface area contributed by atoms with Gasteiger partial charge in [0.2, 0.25) is 0 Å². The molecule has 4 fully saturated rings. The van der Waals surface area contributed by atoms with E-state index in [0.29, 0.717) is 5.92 Å². The van der Waals surface area contributed by atoms with E-state index in [4.69, 9.17) is 9.31 Å². The van der Waals surface area contributed by atoms with Crippen LogP contribution in [0.5, 0.6) is 0 Å². The minimum atomic E-state index is -0.959. The SMILES string of the molecule is CC.O=C1CN(CC2CCC3CC2C3)CC(=O)OB(/C=C/c2ccccc2)O1. The fourth-order valence-electron chi connectivity index (χ4n) is 4.41. The number of hydrogen-bond acceptors (Lipinski definition) is 5. The molecule has 1 saturated heterocycles.